The van der Waals surface area contributed by atoms with Crippen molar-refractivity contribution in [1.82, 2.24) is 14.9 Å². The van der Waals surface area contributed by atoms with Crippen molar-refractivity contribution in [3.05, 3.63) is 48.2 Å². The van der Waals surface area contributed by atoms with E-state index >= 15 is 0 Å². The Morgan fingerprint density at radius 3 is 2.45 bits per heavy atom. The maximum atomic E-state index is 5.64. The van der Waals surface area contributed by atoms with Gasteiger partial charge in [0.25, 0.3) is 0 Å². The first-order chi connectivity index (χ1) is 9.81. The Hall–Kier alpha value is -2.14. The van der Waals surface area contributed by atoms with Crippen LogP contribution in [0.1, 0.15) is 5.56 Å². The van der Waals surface area contributed by atoms with Crippen LogP contribution in [0.15, 0.2) is 42.6 Å². The Bertz CT molecular complexity index is 549. The van der Waals surface area contributed by atoms with E-state index in [1.165, 1.54) is 5.56 Å². The predicted octanol–water partition coefficient (Wildman–Crippen LogP) is 1.38. The molecule has 1 aliphatic heterocycles. The summed E-state index contributed by atoms with van der Waals surface area (Å²) in [6.45, 7) is 5.05. The monoisotopic (exact) mass is 269 g/mol. The van der Waals surface area contributed by atoms with Gasteiger partial charge in [0.1, 0.15) is 5.82 Å². The topological polar surface area (TPSA) is 58.3 Å². The second-order valence-corrected chi connectivity index (χ2v) is 5.02. The van der Waals surface area contributed by atoms with E-state index in [1.807, 2.05) is 6.07 Å². The number of benzene rings is 1. The fraction of sp³-hybridized carbons (Fsp3) is 0.333. The van der Waals surface area contributed by atoms with E-state index < -0.39 is 0 Å². The highest BCUT2D eigenvalue weighted by Crippen LogP contribution is 2.15. The Kier molecular flexibility index (Phi) is 3.78. The normalized spacial score (nSPS) is 16.3. The molecule has 5 nitrogen and oxygen atoms in total. The first kappa shape index (κ1) is 12.9. The summed E-state index contributed by atoms with van der Waals surface area (Å²) >= 11 is 0. The van der Waals surface area contributed by atoms with Gasteiger partial charge in [-0.15, -0.1) is 0 Å². The third-order valence-electron chi connectivity index (χ3n) is 3.60. The molecule has 2 heterocycles. The Balaban J connectivity index is 1.57. The summed E-state index contributed by atoms with van der Waals surface area (Å²) in [4.78, 5) is 12.9. The van der Waals surface area contributed by atoms with Gasteiger partial charge in [-0.2, -0.15) is 4.98 Å². The summed E-state index contributed by atoms with van der Waals surface area (Å²) in [5.41, 5.74) is 7.00. The van der Waals surface area contributed by atoms with E-state index in [-0.39, 0.29) is 0 Å². The molecule has 3 rings (SSSR count). The number of nitrogens with two attached hydrogens (primary N) is 1. The van der Waals surface area contributed by atoms with Crippen molar-refractivity contribution in [1.29, 1.82) is 0 Å². The van der Waals surface area contributed by atoms with Gasteiger partial charge in [-0.3, -0.25) is 4.90 Å². The summed E-state index contributed by atoms with van der Waals surface area (Å²) in [6.07, 6.45) is 1.72. The van der Waals surface area contributed by atoms with E-state index in [4.69, 9.17) is 5.73 Å². The molecule has 1 fully saturated rings. The van der Waals surface area contributed by atoms with Crippen LogP contribution in [0.2, 0.25) is 0 Å². The minimum absolute atomic E-state index is 0.342. The van der Waals surface area contributed by atoms with Crippen LogP contribution in [0.4, 0.5) is 11.8 Å². The number of rotatable bonds is 3. The number of nitrogen functional groups attached to an aromatic ring is 1. The van der Waals surface area contributed by atoms with Crippen LogP contribution in [-0.2, 0) is 6.54 Å². The van der Waals surface area contributed by atoms with Gasteiger partial charge in [0.05, 0.1) is 0 Å². The standard InChI is InChI=1S/C15H19N5/c16-15-17-7-6-14(18-15)20-10-8-19(9-11-20)12-13-4-2-1-3-5-13/h1-7H,8-12H2,(H2,16,17,18). The lowest BCUT2D eigenvalue weighted by molar-refractivity contribution is 0.249. The maximum absolute atomic E-state index is 5.64. The van der Waals surface area contributed by atoms with E-state index in [9.17, 15) is 0 Å². The maximum Gasteiger partial charge on any atom is 0.221 e. The van der Waals surface area contributed by atoms with Crippen LogP contribution in [0, 0.1) is 0 Å². The molecule has 1 aliphatic rings. The third-order valence-corrected chi connectivity index (χ3v) is 3.60. The van der Waals surface area contributed by atoms with E-state index in [0.717, 1.165) is 38.5 Å². The molecule has 0 saturated carbocycles. The summed E-state index contributed by atoms with van der Waals surface area (Å²) in [5.74, 6) is 1.27. The molecule has 0 bridgehead atoms. The highest BCUT2D eigenvalue weighted by molar-refractivity contribution is 5.41. The van der Waals surface area contributed by atoms with Crippen LogP contribution in [0.5, 0.6) is 0 Å². The van der Waals surface area contributed by atoms with Crippen molar-refractivity contribution < 1.29 is 0 Å². The number of anilines is 2. The fourth-order valence-electron chi connectivity index (χ4n) is 2.52. The minimum Gasteiger partial charge on any atom is -0.368 e. The first-order valence-corrected chi connectivity index (χ1v) is 6.91. The van der Waals surface area contributed by atoms with Crippen LogP contribution in [0.3, 0.4) is 0 Å². The zero-order valence-corrected chi connectivity index (χ0v) is 11.4. The van der Waals surface area contributed by atoms with Gasteiger partial charge in [-0.1, -0.05) is 30.3 Å². The first-order valence-electron chi connectivity index (χ1n) is 6.91. The van der Waals surface area contributed by atoms with Gasteiger partial charge in [-0.25, -0.2) is 4.98 Å². The molecule has 1 aromatic heterocycles. The molecule has 0 amide bonds. The molecule has 20 heavy (non-hydrogen) atoms. The molecule has 2 N–H and O–H groups in total. The highest BCUT2D eigenvalue weighted by Gasteiger charge is 2.18. The summed E-state index contributed by atoms with van der Waals surface area (Å²) < 4.78 is 0. The lowest BCUT2D eigenvalue weighted by Crippen LogP contribution is -2.46. The minimum atomic E-state index is 0.342. The lowest BCUT2D eigenvalue weighted by Gasteiger charge is -2.35. The molecule has 0 aliphatic carbocycles. The van der Waals surface area contributed by atoms with Crippen molar-refractivity contribution in [3.63, 3.8) is 0 Å². The van der Waals surface area contributed by atoms with Crippen LogP contribution in [-0.4, -0.2) is 41.0 Å². The van der Waals surface area contributed by atoms with E-state index in [0.29, 0.717) is 5.95 Å². The number of aromatic nitrogens is 2. The lowest BCUT2D eigenvalue weighted by atomic mass is 10.2. The molecule has 0 spiro atoms. The van der Waals surface area contributed by atoms with Gasteiger partial charge >= 0.3 is 0 Å². The van der Waals surface area contributed by atoms with Crippen molar-refractivity contribution >= 4 is 11.8 Å². The fourth-order valence-corrected chi connectivity index (χ4v) is 2.52. The number of hydrogen-bond donors (Lipinski definition) is 1. The average Bonchev–Trinajstić information content (AvgIpc) is 2.49. The van der Waals surface area contributed by atoms with E-state index in [1.54, 1.807) is 6.20 Å². The summed E-state index contributed by atoms with van der Waals surface area (Å²) in [5, 5.41) is 0. The number of piperazine rings is 1. The predicted molar refractivity (Wildman–Crippen MR) is 80.4 cm³/mol. The van der Waals surface area contributed by atoms with Crippen molar-refractivity contribution in [2.75, 3.05) is 36.8 Å². The SMILES string of the molecule is Nc1nccc(N2CCN(Cc3ccccc3)CC2)n1. The highest BCUT2D eigenvalue weighted by atomic mass is 15.3. The van der Waals surface area contributed by atoms with Crippen LogP contribution in [0.25, 0.3) is 0 Å². The van der Waals surface area contributed by atoms with Crippen molar-refractivity contribution in [2.24, 2.45) is 0 Å². The molecule has 5 heteroatoms. The molecule has 1 saturated heterocycles. The largest absolute Gasteiger partial charge is 0.368 e. The molecule has 0 unspecified atom stereocenters. The zero-order chi connectivity index (χ0) is 13.8. The number of nitrogens with zero attached hydrogens (tertiary/aromatic N) is 4. The van der Waals surface area contributed by atoms with Gasteiger partial charge in [0, 0.05) is 38.9 Å². The van der Waals surface area contributed by atoms with Crippen LogP contribution >= 0.6 is 0 Å². The second kappa shape index (κ2) is 5.88. The van der Waals surface area contributed by atoms with E-state index in [2.05, 4.69) is 50.1 Å². The van der Waals surface area contributed by atoms with Crippen LogP contribution < -0.4 is 10.6 Å². The molecular formula is C15H19N5. The molecule has 2 aromatic rings. The van der Waals surface area contributed by atoms with Crippen molar-refractivity contribution in [2.45, 2.75) is 6.54 Å². The summed E-state index contributed by atoms with van der Waals surface area (Å²) in [6, 6.07) is 12.5. The molecule has 104 valence electrons. The molecule has 0 atom stereocenters. The Morgan fingerprint density at radius 2 is 1.75 bits per heavy atom. The number of hydrogen-bond acceptors (Lipinski definition) is 5. The second-order valence-electron chi connectivity index (χ2n) is 5.02. The molecule has 1 aromatic carbocycles. The van der Waals surface area contributed by atoms with Gasteiger partial charge in [0.2, 0.25) is 5.95 Å². The molecular weight excluding hydrogens is 250 g/mol. The third kappa shape index (κ3) is 3.05. The summed E-state index contributed by atoms with van der Waals surface area (Å²) in [7, 11) is 0. The van der Waals surface area contributed by atoms with Gasteiger partial charge in [0.15, 0.2) is 0 Å². The van der Waals surface area contributed by atoms with Crippen molar-refractivity contribution in [3.8, 4) is 0 Å². The Morgan fingerprint density at radius 1 is 1.00 bits per heavy atom. The average molecular weight is 269 g/mol. The molecule has 0 radical (unpaired) electrons. The zero-order valence-electron chi connectivity index (χ0n) is 11.4. The smallest absolute Gasteiger partial charge is 0.221 e. The van der Waals surface area contributed by atoms with Gasteiger partial charge in [-0.05, 0) is 11.6 Å². The Labute approximate surface area is 119 Å². The quantitative estimate of drug-likeness (QED) is 0.912. The van der Waals surface area contributed by atoms with Gasteiger partial charge < -0.3 is 10.6 Å².